The van der Waals surface area contributed by atoms with Gasteiger partial charge in [-0.15, -0.1) is 11.8 Å². The largest absolute Gasteiger partial charge is 0.268 e. The normalized spacial score (nSPS) is 11.8. The van der Waals surface area contributed by atoms with E-state index in [1.807, 2.05) is 6.26 Å². The third-order valence-electron chi connectivity index (χ3n) is 3.17. The van der Waals surface area contributed by atoms with E-state index in [0.29, 0.717) is 28.2 Å². The molecule has 4 heterocycles. The summed E-state index contributed by atoms with van der Waals surface area (Å²) >= 11 is 1.54. The van der Waals surface area contributed by atoms with Gasteiger partial charge in [0.25, 0.3) is 5.56 Å². The van der Waals surface area contributed by atoms with Crippen molar-refractivity contribution < 1.29 is 0 Å². The summed E-state index contributed by atoms with van der Waals surface area (Å²) in [6, 6.07) is 0. The van der Waals surface area contributed by atoms with Crippen molar-refractivity contribution in [1.29, 1.82) is 0 Å². The van der Waals surface area contributed by atoms with Crippen LogP contribution in [-0.2, 0) is 5.88 Å². The molecule has 4 aromatic heterocycles. The van der Waals surface area contributed by atoms with E-state index in [1.54, 1.807) is 33.2 Å². The van der Waals surface area contributed by atoms with Gasteiger partial charge in [-0.05, 0) is 6.26 Å². The number of hydrogen-bond donors (Lipinski definition) is 1. The Morgan fingerprint density at radius 3 is 3.05 bits per heavy atom. The first kappa shape index (κ1) is 11.4. The smallest absolute Gasteiger partial charge is 0.265 e. The number of nitrogens with zero attached hydrogens (tertiary/aromatic N) is 6. The summed E-state index contributed by atoms with van der Waals surface area (Å²) in [4.78, 5) is 21.0. The minimum Gasteiger partial charge on any atom is -0.268 e. The molecule has 0 spiro atoms. The Balaban J connectivity index is 2.33. The summed E-state index contributed by atoms with van der Waals surface area (Å²) in [7, 11) is 0. The van der Waals surface area contributed by atoms with Crippen molar-refractivity contribution >= 4 is 39.5 Å². The van der Waals surface area contributed by atoms with Gasteiger partial charge in [0.2, 0.25) is 5.78 Å². The SMILES string of the molecule is CSCn1c(=O)c2cnc3[nH]ncc3c2n2ncnc12. The number of H-pyrrole nitrogens is 1. The van der Waals surface area contributed by atoms with Crippen LogP contribution in [0.15, 0.2) is 23.5 Å². The Bertz CT molecular complexity index is 998. The van der Waals surface area contributed by atoms with E-state index in [1.165, 1.54) is 6.33 Å². The van der Waals surface area contributed by atoms with Crippen LogP contribution in [0.2, 0.25) is 0 Å². The molecule has 0 unspecified atom stereocenters. The van der Waals surface area contributed by atoms with Crippen molar-refractivity contribution in [2.24, 2.45) is 0 Å². The van der Waals surface area contributed by atoms with E-state index in [0.717, 1.165) is 5.39 Å². The molecule has 9 heteroatoms. The highest BCUT2D eigenvalue weighted by molar-refractivity contribution is 7.97. The molecule has 0 fully saturated rings. The van der Waals surface area contributed by atoms with Crippen LogP contribution in [0.5, 0.6) is 0 Å². The minimum absolute atomic E-state index is 0.120. The molecule has 0 atom stereocenters. The van der Waals surface area contributed by atoms with Crippen molar-refractivity contribution in [3.05, 3.63) is 29.1 Å². The molecule has 0 aliphatic rings. The fourth-order valence-corrected chi connectivity index (χ4v) is 2.82. The van der Waals surface area contributed by atoms with Crippen molar-refractivity contribution in [3.8, 4) is 0 Å². The van der Waals surface area contributed by atoms with Gasteiger partial charge in [0, 0.05) is 6.20 Å². The summed E-state index contributed by atoms with van der Waals surface area (Å²) in [5, 5.41) is 12.3. The Kier molecular flexibility index (Phi) is 2.30. The van der Waals surface area contributed by atoms with Crippen LogP contribution in [0.1, 0.15) is 0 Å². The molecular formula is C11H9N7OS. The standard InChI is InChI=1S/C11H9N7OS/c1-20-5-17-10(19)7-2-12-9-6(3-14-16-9)8(7)18-11(17)13-4-15-18/h2-4H,5H2,1H3,(H,12,14,16). The van der Waals surface area contributed by atoms with Gasteiger partial charge >= 0.3 is 0 Å². The molecule has 4 rings (SSSR count). The van der Waals surface area contributed by atoms with Gasteiger partial charge in [-0.1, -0.05) is 0 Å². The van der Waals surface area contributed by atoms with Gasteiger partial charge in [0.1, 0.15) is 6.33 Å². The van der Waals surface area contributed by atoms with E-state index in [4.69, 9.17) is 0 Å². The van der Waals surface area contributed by atoms with Crippen LogP contribution >= 0.6 is 11.8 Å². The van der Waals surface area contributed by atoms with Gasteiger partial charge in [-0.2, -0.15) is 19.7 Å². The highest BCUT2D eigenvalue weighted by Crippen LogP contribution is 2.20. The number of aromatic nitrogens is 7. The molecule has 0 saturated heterocycles. The molecule has 0 aliphatic heterocycles. The Morgan fingerprint density at radius 2 is 2.20 bits per heavy atom. The van der Waals surface area contributed by atoms with Crippen molar-refractivity contribution in [2.45, 2.75) is 5.88 Å². The molecule has 100 valence electrons. The summed E-state index contributed by atoms with van der Waals surface area (Å²) in [6.07, 6.45) is 6.57. The van der Waals surface area contributed by atoms with Gasteiger partial charge in [-0.25, -0.2) is 4.98 Å². The molecule has 0 bridgehead atoms. The van der Waals surface area contributed by atoms with Crippen molar-refractivity contribution in [3.63, 3.8) is 0 Å². The van der Waals surface area contributed by atoms with Crippen molar-refractivity contribution in [1.82, 2.24) is 34.3 Å². The second-order valence-electron chi connectivity index (χ2n) is 4.28. The number of thioether (sulfide) groups is 1. The highest BCUT2D eigenvalue weighted by atomic mass is 32.2. The summed E-state index contributed by atoms with van der Waals surface area (Å²) in [5.74, 6) is 1.03. The maximum absolute atomic E-state index is 12.6. The summed E-state index contributed by atoms with van der Waals surface area (Å²) < 4.78 is 3.25. The number of aromatic amines is 1. The minimum atomic E-state index is -0.120. The zero-order valence-corrected chi connectivity index (χ0v) is 11.3. The molecule has 0 aromatic carbocycles. The first-order valence-corrected chi connectivity index (χ1v) is 7.24. The maximum atomic E-state index is 12.6. The van der Waals surface area contributed by atoms with Gasteiger partial charge in [0.05, 0.1) is 28.4 Å². The highest BCUT2D eigenvalue weighted by Gasteiger charge is 2.15. The molecule has 8 nitrogen and oxygen atoms in total. The molecule has 0 saturated carbocycles. The second-order valence-corrected chi connectivity index (χ2v) is 5.11. The zero-order valence-electron chi connectivity index (χ0n) is 10.4. The fraction of sp³-hybridized carbons (Fsp3) is 0.182. The van der Waals surface area contributed by atoms with Gasteiger partial charge in [-0.3, -0.25) is 14.5 Å². The number of pyridine rings is 1. The van der Waals surface area contributed by atoms with Gasteiger partial charge < -0.3 is 0 Å². The van der Waals surface area contributed by atoms with E-state index in [9.17, 15) is 4.79 Å². The lowest BCUT2D eigenvalue weighted by molar-refractivity contribution is 0.826. The van der Waals surface area contributed by atoms with Crippen LogP contribution in [0.3, 0.4) is 0 Å². The third-order valence-corrected chi connectivity index (χ3v) is 3.69. The van der Waals surface area contributed by atoms with Crippen LogP contribution in [0.4, 0.5) is 0 Å². The summed E-state index contributed by atoms with van der Waals surface area (Å²) in [5.41, 5.74) is 1.18. The van der Waals surface area contributed by atoms with Gasteiger partial charge in [0.15, 0.2) is 5.65 Å². The topological polar surface area (TPSA) is 93.8 Å². The molecule has 0 amide bonds. The van der Waals surface area contributed by atoms with Crippen LogP contribution in [-0.4, -0.2) is 40.6 Å². The number of rotatable bonds is 2. The first-order valence-electron chi connectivity index (χ1n) is 5.84. The van der Waals surface area contributed by atoms with Crippen LogP contribution in [0.25, 0.3) is 27.7 Å². The lowest BCUT2D eigenvalue weighted by atomic mass is 10.2. The van der Waals surface area contributed by atoms with E-state index >= 15 is 0 Å². The predicted octanol–water partition coefficient (Wildman–Crippen LogP) is 0.636. The number of hydrogen-bond acceptors (Lipinski definition) is 6. The fourth-order valence-electron chi connectivity index (χ4n) is 2.33. The van der Waals surface area contributed by atoms with Crippen LogP contribution < -0.4 is 5.56 Å². The number of nitrogens with one attached hydrogen (secondary N) is 1. The molecule has 20 heavy (non-hydrogen) atoms. The zero-order chi connectivity index (χ0) is 13.7. The lowest BCUT2D eigenvalue weighted by Crippen LogP contribution is -2.22. The van der Waals surface area contributed by atoms with E-state index < -0.39 is 0 Å². The Morgan fingerprint density at radius 1 is 1.30 bits per heavy atom. The average molecular weight is 287 g/mol. The lowest BCUT2D eigenvalue weighted by Gasteiger charge is -2.08. The quantitative estimate of drug-likeness (QED) is 0.581. The third kappa shape index (κ3) is 1.35. The Hall–Kier alpha value is -2.42. The predicted molar refractivity (Wildman–Crippen MR) is 75.7 cm³/mol. The summed E-state index contributed by atoms with van der Waals surface area (Å²) in [6.45, 7) is 0. The first-order chi connectivity index (χ1) is 9.81. The Labute approximate surface area is 115 Å². The molecular weight excluding hydrogens is 278 g/mol. The monoisotopic (exact) mass is 287 g/mol. The average Bonchev–Trinajstić information content (AvgIpc) is 3.10. The number of fused-ring (bicyclic) bond motifs is 5. The molecule has 0 aliphatic carbocycles. The second kappa shape index (κ2) is 4.04. The maximum Gasteiger partial charge on any atom is 0.265 e. The molecule has 0 radical (unpaired) electrons. The molecule has 1 N–H and O–H groups in total. The van der Waals surface area contributed by atoms with Crippen molar-refractivity contribution in [2.75, 3.05) is 6.26 Å². The van der Waals surface area contributed by atoms with Crippen LogP contribution in [0, 0.1) is 0 Å². The van der Waals surface area contributed by atoms with E-state index in [2.05, 4.69) is 25.3 Å². The molecule has 4 aromatic rings. The van der Waals surface area contributed by atoms with E-state index in [-0.39, 0.29) is 5.56 Å².